The predicted octanol–water partition coefficient (Wildman–Crippen LogP) is 1.94. The summed E-state index contributed by atoms with van der Waals surface area (Å²) < 4.78 is 4.48. The highest BCUT2D eigenvalue weighted by molar-refractivity contribution is 6.34. The van der Waals surface area contributed by atoms with Gasteiger partial charge in [0.15, 0.2) is 0 Å². The Balaban J connectivity index is 2.67. The van der Waals surface area contributed by atoms with Crippen LogP contribution in [0.4, 0.5) is 16.2 Å². The summed E-state index contributed by atoms with van der Waals surface area (Å²) in [7, 11) is 2.68. The first kappa shape index (κ1) is 16.8. The molecular weight excluding hydrogens is 298 g/mol. The van der Waals surface area contributed by atoms with Crippen molar-refractivity contribution in [2.45, 2.75) is 6.92 Å². The highest BCUT2D eigenvalue weighted by Gasteiger charge is 2.13. The first-order chi connectivity index (χ1) is 9.83. The van der Waals surface area contributed by atoms with E-state index in [0.717, 1.165) is 4.90 Å². The number of anilines is 2. The highest BCUT2D eigenvalue weighted by atomic mass is 35.5. The quantitative estimate of drug-likeness (QED) is 0.889. The van der Waals surface area contributed by atoms with Crippen molar-refractivity contribution >= 4 is 40.9 Å². The lowest BCUT2D eigenvalue weighted by Crippen LogP contribution is -2.34. The standard InChI is InChI=1S/C13H16ClN3O4/c1-8(18)15-11-5-4-9(6-10(11)14)16-12(19)7-17(2)13(20)21-3/h4-6H,7H2,1-3H3,(H,15,18)(H,16,19). The molecular formula is C13H16ClN3O4. The zero-order valence-corrected chi connectivity index (χ0v) is 12.7. The number of benzene rings is 1. The molecule has 0 spiro atoms. The number of rotatable bonds is 4. The summed E-state index contributed by atoms with van der Waals surface area (Å²) in [6, 6.07) is 4.67. The molecule has 0 fully saturated rings. The molecule has 0 heterocycles. The van der Waals surface area contributed by atoms with E-state index in [1.54, 1.807) is 12.1 Å². The maximum Gasteiger partial charge on any atom is 0.409 e. The minimum absolute atomic E-state index is 0.155. The van der Waals surface area contributed by atoms with Crippen LogP contribution in [0.25, 0.3) is 0 Å². The van der Waals surface area contributed by atoms with Crippen LogP contribution in [0.1, 0.15) is 6.92 Å². The van der Waals surface area contributed by atoms with Crippen molar-refractivity contribution in [2.24, 2.45) is 0 Å². The maximum absolute atomic E-state index is 11.7. The Morgan fingerprint density at radius 3 is 2.48 bits per heavy atom. The van der Waals surface area contributed by atoms with Crippen molar-refractivity contribution in [3.05, 3.63) is 23.2 Å². The lowest BCUT2D eigenvalue weighted by atomic mass is 10.2. The Kier molecular flexibility index (Phi) is 5.98. The molecule has 114 valence electrons. The van der Waals surface area contributed by atoms with Gasteiger partial charge < -0.3 is 20.3 Å². The Bertz CT molecular complexity index is 562. The third kappa shape index (κ3) is 5.31. The molecule has 0 aliphatic heterocycles. The second kappa shape index (κ2) is 7.49. The molecule has 0 aromatic heterocycles. The van der Waals surface area contributed by atoms with E-state index in [1.165, 1.54) is 27.1 Å². The minimum Gasteiger partial charge on any atom is -0.453 e. The van der Waals surface area contributed by atoms with Crippen LogP contribution in [0.5, 0.6) is 0 Å². The number of nitrogens with zero attached hydrogens (tertiary/aromatic N) is 1. The van der Waals surface area contributed by atoms with Gasteiger partial charge in [-0.2, -0.15) is 0 Å². The van der Waals surface area contributed by atoms with Gasteiger partial charge in [0.05, 0.1) is 17.8 Å². The van der Waals surface area contributed by atoms with Gasteiger partial charge in [0.1, 0.15) is 6.54 Å². The normalized spacial score (nSPS) is 9.71. The molecule has 2 N–H and O–H groups in total. The van der Waals surface area contributed by atoms with Gasteiger partial charge in [-0.1, -0.05) is 11.6 Å². The van der Waals surface area contributed by atoms with E-state index in [1.807, 2.05) is 0 Å². The zero-order valence-electron chi connectivity index (χ0n) is 11.9. The smallest absolute Gasteiger partial charge is 0.409 e. The number of halogens is 1. The van der Waals surface area contributed by atoms with Crippen LogP contribution in [0, 0.1) is 0 Å². The van der Waals surface area contributed by atoms with Gasteiger partial charge in [-0.3, -0.25) is 9.59 Å². The Morgan fingerprint density at radius 2 is 1.95 bits per heavy atom. The highest BCUT2D eigenvalue weighted by Crippen LogP contribution is 2.25. The van der Waals surface area contributed by atoms with Crippen molar-refractivity contribution in [3.63, 3.8) is 0 Å². The number of carbonyl (C=O) groups is 3. The predicted molar refractivity (Wildman–Crippen MR) is 79.4 cm³/mol. The molecule has 0 saturated carbocycles. The molecule has 0 aliphatic rings. The molecule has 3 amide bonds. The van der Waals surface area contributed by atoms with Crippen molar-refractivity contribution < 1.29 is 19.1 Å². The first-order valence-corrected chi connectivity index (χ1v) is 6.37. The van der Waals surface area contributed by atoms with Gasteiger partial charge in [0.25, 0.3) is 0 Å². The summed E-state index contributed by atoms with van der Waals surface area (Å²) in [4.78, 5) is 35.0. The summed E-state index contributed by atoms with van der Waals surface area (Å²) in [5, 5.41) is 5.44. The molecule has 0 unspecified atom stereocenters. The monoisotopic (exact) mass is 313 g/mol. The molecule has 0 aliphatic carbocycles. The fourth-order valence-corrected chi connectivity index (χ4v) is 1.75. The van der Waals surface area contributed by atoms with Crippen LogP contribution in [-0.4, -0.2) is 43.5 Å². The fourth-order valence-electron chi connectivity index (χ4n) is 1.52. The summed E-state index contributed by atoms with van der Waals surface area (Å²) >= 11 is 5.99. The van der Waals surface area contributed by atoms with Crippen LogP contribution >= 0.6 is 11.6 Å². The molecule has 1 aromatic rings. The largest absolute Gasteiger partial charge is 0.453 e. The van der Waals surface area contributed by atoms with Gasteiger partial charge in [-0.15, -0.1) is 0 Å². The fraction of sp³-hybridized carbons (Fsp3) is 0.308. The maximum atomic E-state index is 11.7. The SMILES string of the molecule is COC(=O)N(C)CC(=O)Nc1ccc(NC(C)=O)c(Cl)c1. The Hall–Kier alpha value is -2.28. The summed E-state index contributed by atoms with van der Waals surface area (Å²) in [5.41, 5.74) is 0.909. The van der Waals surface area contributed by atoms with Crippen molar-refractivity contribution in [2.75, 3.05) is 31.3 Å². The minimum atomic E-state index is -0.607. The molecule has 0 radical (unpaired) electrons. The summed E-state index contributed by atoms with van der Waals surface area (Å²) in [6.07, 6.45) is -0.607. The summed E-state index contributed by atoms with van der Waals surface area (Å²) in [5.74, 6) is -0.639. The van der Waals surface area contributed by atoms with Crippen LogP contribution in [-0.2, 0) is 14.3 Å². The van der Waals surface area contributed by atoms with Crippen molar-refractivity contribution in [1.29, 1.82) is 0 Å². The van der Waals surface area contributed by atoms with E-state index in [2.05, 4.69) is 15.4 Å². The Morgan fingerprint density at radius 1 is 1.29 bits per heavy atom. The molecule has 21 heavy (non-hydrogen) atoms. The molecule has 0 bridgehead atoms. The molecule has 7 nitrogen and oxygen atoms in total. The van der Waals surface area contributed by atoms with E-state index < -0.39 is 12.0 Å². The number of amides is 3. The molecule has 0 saturated heterocycles. The average Bonchev–Trinajstić information content (AvgIpc) is 2.40. The van der Waals surface area contributed by atoms with E-state index in [4.69, 9.17) is 11.6 Å². The van der Waals surface area contributed by atoms with Gasteiger partial charge in [0, 0.05) is 19.7 Å². The third-order valence-corrected chi connectivity index (χ3v) is 2.74. The number of carbonyl (C=O) groups excluding carboxylic acids is 3. The number of nitrogens with one attached hydrogen (secondary N) is 2. The lowest BCUT2D eigenvalue weighted by molar-refractivity contribution is -0.117. The lowest BCUT2D eigenvalue weighted by Gasteiger charge is -2.15. The Labute approximate surface area is 127 Å². The van der Waals surface area contributed by atoms with Gasteiger partial charge in [0.2, 0.25) is 11.8 Å². The van der Waals surface area contributed by atoms with Crippen molar-refractivity contribution in [3.8, 4) is 0 Å². The van der Waals surface area contributed by atoms with Crippen LogP contribution < -0.4 is 10.6 Å². The molecule has 0 atom stereocenters. The van der Waals surface area contributed by atoms with Crippen LogP contribution in [0.2, 0.25) is 5.02 Å². The van der Waals surface area contributed by atoms with Gasteiger partial charge in [-0.05, 0) is 18.2 Å². The van der Waals surface area contributed by atoms with Gasteiger partial charge in [-0.25, -0.2) is 4.79 Å². The second-order valence-corrected chi connectivity index (χ2v) is 4.66. The molecule has 1 rings (SSSR count). The average molecular weight is 314 g/mol. The third-order valence-electron chi connectivity index (χ3n) is 2.43. The number of hydrogen-bond donors (Lipinski definition) is 2. The van der Waals surface area contributed by atoms with Crippen molar-refractivity contribution in [1.82, 2.24) is 4.90 Å². The van der Waals surface area contributed by atoms with E-state index in [-0.39, 0.29) is 12.5 Å². The second-order valence-electron chi connectivity index (χ2n) is 4.25. The number of likely N-dealkylation sites (N-methyl/N-ethyl adjacent to an activating group) is 1. The number of ether oxygens (including phenoxy) is 1. The molecule has 1 aromatic carbocycles. The number of hydrogen-bond acceptors (Lipinski definition) is 4. The van der Waals surface area contributed by atoms with Gasteiger partial charge >= 0.3 is 6.09 Å². The van der Waals surface area contributed by atoms with E-state index in [9.17, 15) is 14.4 Å². The zero-order chi connectivity index (χ0) is 16.0. The van der Waals surface area contributed by atoms with Crippen LogP contribution in [0.15, 0.2) is 18.2 Å². The van der Waals surface area contributed by atoms with E-state index in [0.29, 0.717) is 16.4 Å². The number of methoxy groups -OCH3 is 1. The van der Waals surface area contributed by atoms with E-state index >= 15 is 0 Å². The summed E-state index contributed by atoms with van der Waals surface area (Å²) in [6.45, 7) is 1.21. The first-order valence-electron chi connectivity index (χ1n) is 5.99. The topological polar surface area (TPSA) is 87.7 Å². The van der Waals surface area contributed by atoms with Crippen LogP contribution in [0.3, 0.4) is 0 Å². The molecule has 8 heteroatoms.